The molecular weight excluding hydrogens is 259 g/mol. The highest BCUT2D eigenvalue weighted by Gasteiger charge is 1.93. The molecule has 0 radical (unpaired) electrons. The summed E-state index contributed by atoms with van der Waals surface area (Å²) in [5, 5.41) is 0. The molecular formula is C8H24Cl2N2S2. The minimum atomic E-state index is 0. The lowest BCUT2D eigenvalue weighted by atomic mass is 10.5. The third-order valence-electron chi connectivity index (χ3n) is 1.44. The van der Waals surface area contributed by atoms with Crippen molar-refractivity contribution in [2.24, 2.45) is 5.73 Å². The zero-order valence-corrected chi connectivity index (χ0v) is 12.4. The molecule has 0 amide bonds. The molecule has 0 fully saturated rings. The van der Waals surface area contributed by atoms with Gasteiger partial charge in [-0.05, 0) is 13.1 Å². The molecule has 0 aliphatic heterocycles. The average molecular weight is 283 g/mol. The standard InChI is InChI=1S/C6H15NS.C2H7NS.2ClH/c1-3-7(4-2)5-6-8;3-1-2-4;;/h8H,3-6H2,1-2H3;4H,1-3H2;2*1H. The highest BCUT2D eigenvalue weighted by Crippen LogP contribution is 1.86. The molecule has 0 aromatic rings. The van der Waals surface area contributed by atoms with E-state index in [9.17, 15) is 0 Å². The fourth-order valence-corrected chi connectivity index (χ4v) is 0.964. The van der Waals surface area contributed by atoms with Gasteiger partial charge in [-0.2, -0.15) is 25.3 Å². The molecule has 2 nitrogen and oxygen atoms in total. The van der Waals surface area contributed by atoms with Gasteiger partial charge in [-0.3, -0.25) is 0 Å². The average Bonchev–Trinajstić information content (AvgIpc) is 2.14. The van der Waals surface area contributed by atoms with Gasteiger partial charge in [-0.15, -0.1) is 24.8 Å². The van der Waals surface area contributed by atoms with Crippen molar-refractivity contribution in [3.8, 4) is 0 Å². The first-order chi connectivity index (χ1) is 5.76. The van der Waals surface area contributed by atoms with Gasteiger partial charge in [0.15, 0.2) is 0 Å². The maximum atomic E-state index is 4.95. The summed E-state index contributed by atoms with van der Waals surface area (Å²) in [5.74, 6) is 1.77. The third-order valence-corrected chi connectivity index (χ3v) is 1.90. The molecule has 6 heteroatoms. The van der Waals surface area contributed by atoms with Crippen molar-refractivity contribution in [1.82, 2.24) is 4.90 Å². The monoisotopic (exact) mass is 282 g/mol. The molecule has 0 aliphatic carbocycles. The van der Waals surface area contributed by atoms with Crippen LogP contribution in [0.25, 0.3) is 0 Å². The van der Waals surface area contributed by atoms with Crippen molar-refractivity contribution in [2.75, 3.05) is 37.7 Å². The van der Waals surface area contributed by atoms with Crippen LogP contribution in [0, 0.1) is 0 Å². The molecule has 14 heavy (non-hydrogen) atoms. The predicted molar refractivity (Wildman–Crippen MR) is 79.0 cm³/mol. The summed E-state index contributed by atoms with van der Waals surface area (Å²) in [4.78, 5) is 2.35. The number of nitrogens with two attached hydrogens (primary N) is 1. The van der Waals surface area contributed by atoms with Crippen molar-refractivity contribution >= 4 is 50.1 Å². The first kappa shape index (κ1) is 24.4. The van der Waals surface area contributed by atoms with Gasteiger partial charge in [0.2, 0.25) is 0 Å². The van der Waals surface area contributed by atoms with Crippen LogP contribution < -0.4 is 5.73 Å². The molecule has 0 aromatic carbocycles. The normalized spacial score (nSPS) is 8.14. The largest absolute Gasteiger partial charge is 0.330 e. The lowest BCUT2D eigenvalue weighted by Gasteiger charge is -2.15. The molecule has 0 bridgehead atoms. The molecule has 92 valence electrons. The van der Waals surface area contributed by atoms with E-state index in [0.717, 1.165) is 31.1 Å². The Morgan fingerprint density at radius 1 is 1.00 bits per heavy atom. The van der Waals surface area contributed by atoms with Crippen LogP contribution in [-0.4, -0.2) is 42.6 Å². The molecule has 0 aromatic heterocycles. The van der Waals surface area contributed by atoms with Gasteiger partial charge < -0.3 is 10.6 Å². The summed E-state index contributed by atoms with van der Waals surface area (Å²) in [6.45, 7) is 8.45. The van der Waals surface area contributed by atoms with Crippen LogP contribution in [0.5, 0.6) is 0 Å². The fourth-order valence-electron chi connectivity index (χ4n) is 0.681. The second-order valence-electron chi connectivity index (χ2n) is 2.26. The van der Waals surface area contributed by atoms with Crippen molar-refractivity contribution < 1.29 is 0 Å². The minimum Gasteiger partial charge on any atom is -0.330 e. The van der Waals surface area contributed by atoms with E-state index >= 15 is 0 Å². The second-order valence-corrected chi connectivity index (χ2v) is 3.16. The van der Waals surface area contributed by atoms with Gasteiger partial charge >= 0.3 is 0 Å². The molecule has 2 N–H and O–H groups in total. The van der Waals surface area contributed by atoms with E-state index in [0.29, 0.717) is 6.54 Å². The summed E-state index contributed by atoms with van der Waals surface area (Å²) in [6.07, 6.45) is 0. The lowest BCUT2D eigenvalue weighted by Crippen LogP contribution is -2.24. The quantitative estimate of drug-likeness (QED) is 0.674. The van der Waals surface area contributed by atoms with E-state index in [1.807, 2.05) is 0 Å². The predicted octanol–water partition coefficient (Wildman–Crippen LogP) is 1.98. The maximum absolute atomic E-state index is 4.95. The third kappa shape index (κ3) is 23.2. The first-order valence-corrected chi connectivity index (χ1v) is 5.67. The number of halogens is 2. The molecule has 0 aliphatic rings. The van der Waals surface area contributed by atoms with Crippen LogP contribution in [0.15, 0.2) is 0 Å². The van der Waals surface area contributed by atoms with Crippen molar-refractivity contribution in [1.29, 1.82) is 0 Å². The van der Waals surface area contributed by atoms with E-state index in [4.69, 9.17) is 5.73 Å². The van der Waals surface area contributed by atoms with E-state index < -0.39 is 0 Å². The Labute approximate surface area is 112 Å². The van der Waals surface area contributed by atoms with Gasteiger partial charge in [-0.25, -0.2) is 0 Å². The number of hydrogen-bond donors (Lipinski definition) is 3. The van der Waals surface area contributed by atoms with Crippen molar-refractivity contribution in [3.05, 3.63) is 0 Å². The van der Waals surface area contributed by atoms with Gasteiger partial charge in [0.25, 0.3) is 0 Å². The van der Waals surface area contributed by atoms with Gasteiger partial charge in [0.05, 0.1) is 0 Å². The van der Waals surface area contributed by atoms with E-state index in [-0.39, 0.29) is 24.8 Å². The summed E-state index contributed by atoms with van der Waals surface area (Å²) < 4.78 is 0. The van der Waals surface area contributed by atoms with Crippen LogP contribution in [0.4, 0.5) is 0 Å². The highest BCUT2D eigenvalue weighted by atomic mass is 35.5. The topological polar surface area (TPSA) is 29.3 Å². The van der Waals surface area contributed by atoms with Gasteiger partial charge in [-0.1, -0.05) is 13.8 Å². The minimum absolute atomic E-state index is 0. The van der Waals surface area contributed by atoms with E-state index in [1.54, 1.807) is 0 Å². The van der Waals surface area contributed by atoms with Gasteiger partial charge in [0.1, 0.15) is 0 Å². The smallest absolute Gasteiger partial charge is 0.00696 e. The van der Waals surface area contributed by atoms with E-state index in [1.165, 1.54) is 0 Å². The molecule has 0 spiro atoms. The summed E-state index contributed by atoms with van der Waals surface area (Å²) in [7, 11) is 0. The lowest BCUT2D eigenvalue weighted by molar-refractivity contribution is 0.324. The Morgan fingerprint density at radius 3 is 1.43 bits per heavy atom. The number of nitrogens with zero attached hydrogens (tertiary/aromatic N) is 1. The fraction of sp³-hybridized carbons (Fsp3) is 1.00. The Kier molecular flexibility index (Phi) is 41.5. The van der Waals surface area contributed by atoms with E-state index in [2.05, 4.69) is 44.0 Å². The number of rotatable bonds is 5. The Hall–Kier alpha value is 1.20. The maximum Gasteiger partial charge on any atom is 0.00696 e. The zero-order chi connectivity index (χ0) is 9.82. The van der Waals surface area contributed by atoms with Crippen LogP contribution in [0.1, 0.15) is 13.8 Å². The Bertz CT molecular complexity index is 74.4. The molecule has 0 heterocycles. The number of hydrogen-bond acceptors (Lipinski definition) is 4. The summed E-state index contributed by atoms with van der Waals surface area (Å²) in [6, 6.07) is 0. The van der Waals surface area contributed by atoms with Gasteiger partial charge in [0, 0.05) is 24.6 Å². The van der Waals surface area contributed by atoms with Crippen LogP contribution in [-0.2, 0) is 0 Å². The molecule has 0 rings (SSSR count). The Balaban J connectivity index is -0.0000000733. The molecule has 0 saturated carbocycles. The van der Waals surface area contributed by atoms with Crippen LogP contribution in [0.3, 0.4) is 0 Å². The second kappa shape index (κ2) is 23.8. The molecule has 0 saturated heterocycles. The summed E-state index contributed by atoms with van der Waals surface area (Å²) in [5.41, 5.74) is 4.95. The van der Waals surface area contributed by atoms with Crippen LogP contribution in [0.2, 0.25) is 0 Å². The summed E-state index contributed by atoms with van der Waals surface area (Å²) >= 11 is 7.92. The van der Waals surface area contributed by atoms with Crippen LogP contribution >= 0.6 is 50.1 Å². The highest BCUT2D eigenvalue weighted by molar-refractivity contribution is 7.80. The first-order valence-electron chi connectivity index (χ1n) is 4.40. The molecule has 0 atom stereocenters. The Morgan fingerprint density at radius 2 is 1.36 bits per heavy atom. The van der Waals surface area contributed by atoms with Crippen molar-refractivity contribution in [3.63, 3.8) is 0 Å². The molecule has 0 unspecified atom stereocenters. The SMILES string of the molecule is CCN(CC)CCS.Cl.Cl.NCCS. The number of thiol groups is 2. The van der Waals surface area contributed by atoms with Crippen molar-refractivity contribution in [2.45, 2.75) is 13.8 Å². The zero-order valence-electron chi connectivity index (χ0n) is 8.98.